The smallest absolute Gasteiger partial charge is 0.195 e. The molecule has 3 rings (SSSR count). The first-order chi connectivity index (χ1) is 9.86. The van der Waals surface area contributed by atoms with Crippen molar-refractivity contribution < 1.29 is 17.1 Å². The molecule has 0 N–H and O–H groups in total. The second-order valence-electron chi connectivity index (χ2n) is 3.85. The molecule has 21 heavy (non-hydrogen) atoms. The Kier molecular flexibility index (Phi) is 6.94. The largest absolute Gasteiger partial charge is 0.298 e. The summed E-state index contributed by atoms with van der Waals surface area (Å²) in [5.74, 6) is 0. The van der Waals surface area contributed by atoms with Gasteiger partial charge in [0, 0.05) is 54.2 Å². The number of aromatic nitrogens is 6. The van der Waals surface area contributed by atoms with Crippen molar-refractivity contribution in [3.05, 3.63) is 81.5 Å². The predicted molar refractivity (Wildman–Crippen MR) is 76.9 cm³/mol. The molecule has 3 heterocycles. The average molecular weight is 323 g/mol. The molecule has 0 aromatic carbocycles. The van der Waals surface area contributed by atoms with Gasteiger partial charge in [-0.1, -0.05) is 25.3 Å². The van der Waals surface area contributed by atoms with E-state index in [1.807, 2.05) is 32.3 Å². The molecule has 0 fully saturated rings. The van der Waals surface area contributed by atoms with E-state index in [1.54, 1.807) is 49.7 Å². The summed E-state index contributed by atoms with van der Waals surface area (Å²) in [5, 5.41) is 0. The summed E-state index contributed by atoms with van der Waals surface area (Å²) in [6.07, 6.45) is 19.5. The Morgan fingerprint density at radius 1 is 0.714 bits per heavy atom. The zero-order valence-electron chi connectivity index (χ0n) is 11.4. The van der Waals surface area contributed by atoms with Gasteiger partial charge >= 0.3 is 0 Å². The zero-order valence-corrected chi connectivity index (χ0v) is 12.6. The van der Waals surface area contributed by atoms with Crippen LogP contribution < -0.4 is 0 Å². The maximum atomic E-state index is 4.06. The second kappa shape index (κ2) is 8.73. The topological polar surface area (TPSA) is 53.5 Å². The van der Waals surface area contributed by atoms with Crippen LogP contribution in [0.1, 0.15) is 6.29 Å². The molecule has 3 aromatic heterocycles. The molecule has 0 spiro atoms. The number of rotatable bonds is 4. The molecular weight excluding hydrogens is 307 g/mol. The van der Waals surface area contributed by atoms with E-state index in [2.05, 4.69) is 28.1 Å². The van der Waals surface area contributed by atoms with Crippen molar-refractivity contribution in [2.24, 2.45) is 0 Å². The number of hydrogen-bond donors (Lipinski definition) is 0. The molecule has 0 saturated carbocycles. The van der Waals surface area contributed by atoms with E-state index in [4.69, 9.17) is 0 Å². The maximum Gasteiger partial charge on any atom is 0.195 e. The van der Waals surface area contributed by atoms with Gasteiger partial charge < -0.3 is 0 Å². The van der Waals surface area contributed by atoms with Gasteiger partial charge in [0.05, 0.1) is 19.0 Å². The molecule has 0 saturated heterocycles. The average Bonchev–Trinajstić information content (AvgIpc) is 3.23. The van der Waals surface area contributed by atoms with Crippen LogP contribution in [0.3, 0.4) is 0 Å². The van der Waals surface area contributed by atoms with Crippen LogP contribution in [0.15, 0.2) is 81.5 Å². The van der Waals surface area contributed by atoms with E-state index in [1.165, 1.54) is 0 Å². The maximum absolute atomic E-state index is 4.06. The van der Waals surface area contributed by atoms with Crippen molar-refractivity contribution in [1.29, 1.82) is 0 Å². The molecule has 0 unspecified atom stereocenters. The summed E-state index contributed by atoms with van der Waals surface area (Å²) in [7, 11) is 0. The fraction of sp³-hybridized carbons (Fsp3) is 0.0714. The third-order valence-corrected chi connectivity index (χ3v) is 2.54. The van der Waals surface area contributed by atoms with E-state index in [9.17, 15) is 0 Å². The van der Waals surface area contributed by atoms with E-state index < -0.39 is 0 Å². The quantitative estimate of drug-likeness (QED) is 0.546. The third kappa shape index (κ3) is 4.30. The van der Waals surface area contributed by atoms with Gasteiger partial charge in [0.15, 0.2) is 6.29 Å². The Labute approximate surface area is 134 Å². The summed E-state index contributed by atoms with van der Waals surface area (Å²) < 4.78 is 5.93. The van der Waals surface area contributed by atoms with Gasteiger partial charge in [0.25, 0.3) is 0 Å². The summed E-state index contributed by atoms with van der Waals surface area (Å²) >= 11 is 0. The first-order valence-corrected chi connectivity index (χ1v) is 6.02. The van der Waals surface area contributed by atoms with Crippen LogP contribution in [0.5, 0.6) is 0 Å². The van der Waals surface area contributed by atoms with Crippen LogP contribution in [0.2, 0.25) is 0 Å². The molecule has 0 bridgehead atoms. The van der Waals surface area contributed by atoms with E-state index in [0.717, 1.165) is 0 Å². The van der Waals surface area contributed by atoms with Gasteiger partial charge in [-0.25, -0.2) is 15.0 Å². The normalized spacial score (nSPS) is 9.38. The van der Waals surface area contributed by atoms with Gasteiger partial charge in [-0.05, 0) is 0 Å². The summed E-state index contributed by atoms with van der Waals surface area (Å²) in [5.41, 5.74) is 0. The summed E-state index contributed by atoms with van der Waals surface area (Å²) in [6.45, 7) is 6.72. The first-order valence-electron chi connectivity index (χ1n) is 6.02. The Hall–Kier alpha value is -2.37. The summed E-state index contributed by atoms with van der Waals surface area (Å²) in [6, 6.07) is 0. The fourth-order valence-corrected chi connectivity index (χ4v) is 1.68. The molecule has 0 atom stereocenters. The van der Waals surface area contributed by atoms with Crippen LogP contribution in [0, 0.1) is 0 Å². The molecule has 0 amide bonds. The Morgan fingerprint density at radius 3 is 1.24 bits per heavy atom. The monoisotopic (exact) mass is 323 g/mol. The van der Waals surface area contributed by atoms with Crippen LogP contribution in [0.4, 0.5) is 0 Å². The molecule has 0 aliphatic carbocycles. The van der Waals surface area contributed by atoms with E-state index in [-0.39, 0.29) is 23.4 Å². The number of nitrogens with zero attached hydrogens (tertiary/aromatic N) is 6. The summed E-state index contributed by atoms with van der Waals surface area (Å²) in [4.78, 5) is 12.2. The van der Waals surface area contributed by atoms with Gasteiger partial charge in [-0.15, -0.1) is 0 Å². The zero-order chi connectivity index (χ0) is 14.2. The molecule has 0 aliphatic rings. The molecule has 3 aromatic rings. The third-order valence-electron chi connectivity index (χ3n) is 2.54. The van der Waals surface area contributed by atoms with Crippen LogP contribution in [0.25, 0.3) is 0 Å². The predicted octanol–water partition coefficient (Wildman–Crippen LogP) is 2.18. The number of allylic oxidation sites excluding steroid dienone is 2. The molecule has 7 heteroatoms. The minimum atomic E-state index is -0.0486. The SMILES string of the molecule is C=CC=C.[Mn].c1cn(C(n2ccnc2)n2ccnc2)cn1. The molecule has 1 radical (unpaired) electrons. The molecule has 0 aliphatic heterocycles. The van der Waals surface area contributed by atoms with Crippen molar-refractivity contribution in [1.82, 2.24) is 28.7 Å². The van der Waals surface area contributed by atoms with Gasteiger partial charge in [-0.3, -0.25) is 13.7 Å². The standard InChI is InChI=1S/C10H10N6.C4H6.Mn/c1-4-14(7-11-1)10(15-5-2-12-8-15)16-6-3-13-9-16;1-3-4-2;/h1-10H;3-4H,1-2H2;. The van der Waals surface area contributed by atoms with Crippen molar-refractivity contribution in [2.75, 3.05) is 0 Å². The minimum absolute atomic E-state index is 0. The molecule has 6 nitrogen and oxygen atoms in total. The first kappa shape index (κ1) is 16.7. The van der Waals surface area contributed by atoms with Crippen molar-refractivity contribution >= 4 is 0 Å². The second-order valence-corrected chi connectivity index (χ2v) is 3.85. The van der Waals surface area contributed by atoms with Crippen LogP contribution in [-0.2, 0) is 17.1 Å². The number of imidazole rings is 3. The Bertz CT molecular complexity index is 525. The van der Waals surface area contributed by atoms with Crippen molar-refractivity contribution in [2.45, 2.75) is 6.29 Å². The van der Waals surface area contributed by atoms with Gasteiger partial charge in [0.2, 0.25) is 0 Å². The molecule has 109 valence electrons. The van der Waals surface area contributed by atoms with Crippen LogP contribution >= 0.6 is 0 Å². The van der Waals surface area contributed by atoms with Crippen molar-refractivity contribution in [3.8, 4) is 0 Å². The minimum Gasteiger partial charge on any atom is -0.298 e. The van der Waals surface area contributed by atoms with Gasteiger partial charge in [-0.2, -0.15) is 0 Å². The van der Waals surface area contributed by atoms with Gasteiger partial charge in [0.1, 0.15) is 0 Å². The van der Waals surface area contributed by atoms with E-state index in [0.29, 0.717) is 0 Å². The van der Waals surface area contributed by atoms with Crippen LogP contribution in [-0.4, -0.2) is 28.7 Å². The Morgan fingerprint density at radius 2 is 1.05 bits per heavy atom. The fourth-order valence-electron chi connectivity index (χ4n) is 1.68. The van der Waals surface area contributed by atoms with Crippen molar-refractivity contribution in [3.63, 3.8) is 0 Å². The molecular formula is C14H16MnN6. The van der Waals surface area contributed by atoms with E-state index >= 15 is 0 Å². The number of hydrogen-bond acceptors (Lipinski definition) is 3. The Balaban J connectivity index is 0.000000397.